The lowest BCUT2D eigenvalue weighted by Gasteiger charge is -2.17. The summed E-state index contributed by atoms with van der Waals surface area (Å²) in [5.41, 5.74) is 6.42. The van der Waals surface area contributed by atoms with Gasteiger partial charge in [-0.2, -0.15) is 0 Å². The Hall–Kier alpha value is -4.19. The van der Waals surface area contributed by atoms with Gasteiger partial charge in [0, 0.05) is 30.4 Å². The van der Waals surface area contributed by atoms with Crippen molar-refractivity contribution in [2.75, 3.05) is 0 Å². The highest BCUT2D eigenvalue weighted by molar-refractivity contribution is 5.99. The van der Waals surface area contributed by atoms with E-state index in [0.29, 0.717) is 11.6 Å². The predicted octanol–water partition coefficient (Wildman–Crippen LogP) is 6.85. The van der Waals surface area contributed by atoms with Gasteiger partial charge in [0.25, 0.3) is 0 Å². The molecule has 0 bridgehead atoms. The average Bonchev–Trinajstić information content (AvgIpc) is 3.50. The van der Waals surface area contributed by atoms with Gasteiger partial charge in [0.1, 0.15) is 11.6 Å². The molecular weight excluding hydrogens is 448 g/mol. The van der Waals surface area contributed by atoms with Gasteiger partial charge in [-0.1, -0.05) is 43.3 Å². The lowest BCUT2D eigenvalue weighted by atomic mass is 9.94. The molecule has 0 saturated heterocycles. The smallest absolute Gasteiger partial charge is 0.336 e. The van der Waals surface area contributed by atoms with Gasteiger partial charge in [0.15, 0.2) is 0 Å². The third-order valence-corrected chi connectivity index (χ3v) is 7.04. The van der Waals surface area contributed by atoms with E-state index in [0.717, 1.165) is 63.5 Å². The minimum Gasteiger partial charge on any atom is -0.478 e. The maximum Gasteiger partial charge on any atom is 0.336 e. The molecule has 180 valence electrons. The summed E-state index contributed by atoms with van der Waals surface area (Å²) in [7, 11) is 0. The Kier molecular flexibility index (Phi) is 5.44. The molecule has 6 heteroatoms. The van der Waals surface area contributed by atoms with Crippen molar-refractivity contribution in [1.29, 1.82) is 0 Å². The zero-order valence-corrected chi connectivity index (χ0v) is 20.5. The van der Waals surface area contributed by atoms with Crippen LogP contribution in [0.15, 0.2) is 73.1 Å². The number of hydrogen-bond acceptors (Lipinski definition) is 3. The standard InChI is InChI=1S/C30H28N4O2/c1-3-7-27-32-24-14-10-21(29-31-16-17-33(29)22-11-12-22)18-26(24)34(27)25-15-13-23(20-8-5-4-6-9-20)28(19(25)2)30(35)36/h4-6,8-10,13-18,22H,3,7,11-12H2,1-2H3,(H,35,36). The van der Waals surface area contributed by atoms with Gasteiger partial charge in [-0.3, -0.25) is 4.57 Å². The number of benzene rings is 3. The van der Waals surface area contributed by atoms with Crippen molar-refractivity contribution >= 4 is 17.0 Å². The Labute approximate surface area is 209 Å². The molecule has 2 heterocycles. The second kappa shape index (κ2) is 8.79. The van der Waals surface area contributed by atoms with E-state index < -0.39 is 5.97 Å². The van der Waals surface area contributed by atoms with Crippen LogP contribution in [0.25, 0.3) is 39.2 Å². The molecule has 0 amide bonds. The van der Waals surface area contributed by atoms with Crippen molar-refractivity contribution in [3.05, 3.63) is 90.0 Å². The number of carboxylic acid groups (broad SMARTS) is 1. The van der Waals surface area contributed by atoms with Gasteiger partial charge in [0.2, 0.25) is 0 Å². The van der Waals surface area contributed by atoms with E-state index in [1.165, 1.54) is 12.8 Å². The summed E-state index contributed by atoms with van der Waals surface area (Å²) in [6.07, 6.45) is 8.04. The largest absolute Gasteiger partial charge is 0.478 e. The van der Waals surface area contributed by atoms with Crippen LogP contribution in [0.4, 0.5) is 0 Å². The molecule has 1 aliphatic carbocycles. The molecule has 0 spiro atoms. The van der Waals surface area contributed by atoms with E-state index in [2.05, 4.69) is 45.4 Å². The van der Waals surface area contributed by atoms with Crippen LogP contribution < -0.4 is 0 Å². The molecule has 5 aromatic rings. The molecule has 2 aromatic heterocycles. The van der Waals surface area contributed by atoms with Gasteiger partial charge in [-0.05, 0) is 67.1 Å². The zero-order chi connectivity index (χ0) is 24.8. The SMILES string of the molecule is CCCc1nc2ccc(-c3nccn3C3CC3)cc2n1-c1ccc(-c2ccccc2)c(C(=O)O)c1C. The first-order chi connectivity index (χ1) is 17.6. The summed E-state index contributed by atoms with van der Waals surface area (Å²) in [6, 6.07) is 20.5. The number of aromatic nitrogens is 4. The predicted molar refractivity (Wildman–Crippen MR) is 142 cm³/mol. The van der Waals surface area contributed by atoms with Gasteiger partial charge < -0.3 is 9.67 Å². The highest BCUT2D eigenvalue weighted by atomic mass is 16.4. The number of hydrogen-bond donors (Lipinski definition) is 1. The summed E-state index contributed by atoms with van der Waals surface area (Å²) < 4.78 is 4.40. The summed E-state index contributed by atoms with van der Waals surface area (Å²) in [5, 5.41) is 10.2. The first-order valence-corrected chi connectivity index (χ1v) is 12.5. The first-order valence-electron chi connectivity index (χ1n) is 12.5. The number of aryl methyl sites for hydroxylation is 1. The van der Waals surface area contributed by atoms with Crippen LogP contribution in [0.5, 0.6) is 0 Å². The van der Waals surface area contributed by atoms with Crippen LogP contribution in [-0.2, 0) is 6.42 Å². The first kappa shape index (κ1) is 22.3. The quantitative estimate of drug-likeness (QED) is 0.279. The Morgan fingerprint density at radius 2 is 1.86 bits per heavy atom. The molecule has 1 N–H and O–H groups in total. The Morgan fingerprint density at radius 3 is 2.58 bits per heavy atom. The molecule has 0 radical (unpaired) electrons. The monoisotopic (exact) mass is 476 g/mol. The third kappa shape index (κ3) is 3.70. The fraction of sp³-hybridized carbons (Fsp3) is 0.233. The van der Waals surface area contributed by atoms with E-state index in [-0.39, 0.29) is 0 Å². The van der Waals surface area contributed by atoms with Crippen molar-refractivity contribution in [2.45, 2.75) is 45.6 Å². The number of carbonyl (C=O) groups is 1. The van der Waals surface area contributed by atoms with Crippen molar-refractivity contribution in [3.8, 4) is 28.2 Å². The second-order valence-electron chi connectivity index (χ2n) is 9.51. The third-order valence-electron chi connectivity index (χ3n) is 7.04. The van der Waals surface area contributed by atoms with Crippen LogP contribution in [0, 0.1) is 6.92 Å². The molecule has 1 aliphatic rings. The van der Waals surface area contributed by atoms with Crippen molar-refractivity contribution in [3.63, 3.8) is 0 Å². The van der Waals surface area contributed by atoms with Crippen LogP contribution in [0.1, 0.15) is 54.0 Å². The molecule has 0 aliphatic heterocycles. The molecular formula is C30H28N4O2. The molecule has 0 atom stereocenters. The van der Waals surface area contributed by atoms with Gasteiger partial charge in [-0.25, -0.2) is 14.8 Å². The number of imidazole rings is 2. The summed E-state index contributed by atoms with van der Waals surface area (Å²) in [4.78, 5) is 22.1. The normalized spacial score (nSPS) is 13.4. The van der Waals surface area contributed by atoms with E-state index in [1.54, 1.807) is 0 Å². The fourth-order valence-corrected chi connectivity index (χ4v) is 5.19. The number of carboxylic acids is 1. The van der Waals surface area contributed by atoms with Gasteiger partial charge in [-0.15, -0.1) is 0 Å². The van der Waals surface area contributed by atoms with Crippen LogP contribution in [-0.4, -0.2) is 30.2 Å². The molecule has 1 fully saturated rings. The van der Waals surface area contributed by atoms with E-state index in [1.807, 2.05) is 55.6 Å². The Balaban J connectivity index is 1.57. The van der Waals surface area contributed by atoms with E-state index in [4.69, 9.17) is 4.98 Å². The average molecular weight is 477 g/mol. The fourth-order valence-electron chi connectivity index (χ4n) is 5.19. The second-order valence-corrected chi connectivity index (χ2v) is 9.51. The van der Waals surface area contributed by atoms with E-state index in [9.17, 15) is 9.90 Å². The number of rotatable bonds is 7. The van der Waals surface area contributed by atoms with Crippen molar-refractivity contribution < 1.29 is 9.90 Å². The lowest BCUT2D eigenvalue weighted by Crippen LogP contribution is -2.09. The summed E-state index contributed by atoms with van der Waals surface area (Å²) in [5.74, 6) is 0.968. The van der Waals surface area contributed by atoms with Crippen molar-refractivity contribution in [2.24, 2.45) is 0 Å². The molecule has 6 rings (SSSR count). The number of aromatic carboxylic acids is 1. The van der Waals surface area contributed by atoms with Crippen LogP contribution in [0.2, 0.25) is 0 Å². The lowest BCUT2D eigenvalue weighted by molar-refractivity contribution is 0.0697. The highest BCUT2D eigenvalue weighted by Crippen LogP contribution is 2.39. The van der Waals surface area contributed by atoms with Crippen LogP contribution in [0.3, 0.4) is 0 Å². The minimum absolute atomic E-state index is 0.323. The zero-order valence-electron chi connectivity index (χ0n) is 20.5. The van der Waals surface area contributed by atoms with Crippen molar-refractivity contribution in [1.82, 2.24) is 19.1 Å². The van der Waals surface area contributed by atoms with Crippen LogP contribution >= 0.6 is 0 Å². The van der Waals surface area contributed by atoms with Gasteiger partial charge >= 0.3 is 5.97 Å². The summed E-state index contributed by atoms with van der Waals surface area (Å²) in [6.45, 7) is 4.03. The highest BCUT2D eigenvalue weighted by Gasteiger charge is 2.26. The molecule has 3 aromatic carbocycles. The van der Waals surface area contributed by atoms with E-state index >= 15 is 0 Å². The Morgan fingerprint density at radius 1 is 1.06 bits per heavy atom. The molecule has 1 saturated carbocycles. The molecule has 0 unspecified atom stereocenters. The molecule has 6 nitrogen and oxygen atoms in total. The number of nitrogens with zero attached hydrogens (tertiary/aromatic N) is 4. The van der Waals surface area contributed by atoms with Gasteiger partial charge in [0.05, 0.1) is 22.3 Å². The maximum absolute atomic E-state index is 12.5. The molecule has 36 heavy (non-hydrogen) atoms. The maximum atomic E-state index is 12.5. The number of fused-ring (bicyclic) bond motifs is 1. The minimum atomic E-state index is -0.929. The Bertz CT molecular complexity index is 1590. The summed E-state index contributed by atoms with van der Waals surface area (Å²) >= 11 is 0. The topological polar surface area (TPSA) is 72.9 Å².